The van der Waals surface area contributed by atoms with E-state index in [1.54, 1.807) is 18.0 Å². The van der Waals surface area contributed by atoms with Crippen molar-refractivity contribution in [3.8, 4) is 6.07 Å². The van der Waals surface area contributed by atoms with Crippen molar-refractivity contribution >= 4 is 5.91 Å². The van der Waals surface area contributed by atoms with Gasteiger partial charge in [0.2, 0.25) is 0 Å². The molecule has 1 heterocycles. The van der Waals surface area contributed by atoms with Crippen LogP contribution in [0.15, 0.2) is 18.3 Å². The zero-order chi connectivity index (χ0) is 12.3. The number of nitrogens with zero attached hydrogens (tertiary/aromatic N) is 3. The Morgan fingerprint density at radius 2 is 2.12 bits per heavy atom. The van der Waals surface area contributed by atoms with E-state index < -0.39 is 0 Å². The third-order valence-corrected chi connectivity index (χ3v) is 2.42. The minimum Gasteiger partial charge on any atom is -0.336 e. The summed E-state index contributed by atoms with van der Waals surface area (Å²) in [6.07, 6.45) is 1.47. The zero-order valence-electron chi connectivity index (χ0n) is 9.98. The Balaban J connectivity index is 3.02. The van der Waals surface area contributed by atoms with Gasteiger partial charge >= 0.3 is 0 Å². The van der Waals surface area contributed by atoms with Gasteiger partial charge in [-0.15, -0.1) is 0 Å². The summed E-state index contributed by atoms with van der Waals surface area (Å²) in [4.78, 5) is 17.6. The van der Waals surface area contributed by atoms with Crippen LogP contribution in [0.2, 0.25) is 0 Å². The Hall–Kier alpha value is -1.89. The van der Waals surface area contributed by atoms with Gasteiger partial charge < -0.3 is 4.90 Å². The number of amides is 1. The van der Waals surface area contributed by atoms with E-state index in [1.165, 1.54) is 12.3 Å². The molecule has 0 spiro atoms. The molecular formula is C12H15N3O. The summed E-state index contributed by atoms with van der Waals surface area (Å²) in [6, 6.07) is 5.07. The first-order chi connectivity index (χ1) is 7.36. The highest BCUT2D eigenvalue weighted by atomic mass is 16.2. The molecule has 16 heavy (non-hydrogen) atoms. The molecular weight excluding hydrogens is 202 g/mol. The molecule has 1 amide bonds. The molecule has 0 aliphatic heterocycles. The van der Waals surface area contributed by atoms with Gasteiger partial charge in [0, 0.05) is 18.8 Å². The SMILES string of the molecule is CN(C(=O)c1cc(C#N)ccn1)C(C)(C)C. The summed E-state index contributed by atoms with van der Waals surface area (Å²) >= 11 is 0. The van der Waals surface area contributed by atoms with E-state index in [0.29, 0.717) is 11.3 Å². The molecule has 0 aliphatic rings. The topological polar surface area (TPSA) is 57.0 Å². The van der Waals surface area contributed by atoms with Gasteiger partial charge in [0.15, 0.2) is 0 Å². The summed E-state index contributed by atoms with van der Waals surface area (Å²) < 4.78 is 0. The lowest BCUT2D eigenvalue weighted by molar-refractivity contribution is 0.0649. The number of hydrogen-bond acceptors (Lipinski definition) is 3. The fourth-order valence-corrected chi connectivity index (χ4v) is 1.09. The second-order valence-corrected chi connectivity index (χ2v) is 4.58. The first kappa shape index (κ1) is 12.2. The van der Waals surface area contributed by atoms with E-state index in [0.717, 1.165) is 0 Å². The number of nitriles is 1. The summed E-state index contributed by atoms with van der Waals surface area (Å²) in [5.74, 6) is -0.176. The van der Waals surface area contributed by atoms with Crippen LogP contribution in [0.25, 0.3) is 0 Å². The van der Waals surface area contributed by atoms with Gasteiger partial charge in [0.05, 0.1) is 11.6 Å². The second-order valence-electron chi connectivity index (χ2n) is 4.58. The molecule has 0 saturated heterocycles. The summed E-state index contributed by atoms with van der Waals surface area (Å²) in [5.41, 5.74) is 0.485. The van der Waals surface area contributed by atoms with Crippen molar-refractivity contribution in [1.29, 1.82) is 5.26 Å². The second kappa shape index (κ2) is 4.31. The van der Waals surface area contributed by atoms with E-state index in [2.05, 4.69) is 4.98 Å². The van der Waals surface area contributed by atoms with Crippen molar-refractivity contribution < 1.29 is 4.79 Å². The average molecular weight is 217 g/mol. The van der Waals surface area contributed by atoms with Crippen molar-refractivity contribution in [3.05, 3.63) is 29.6 Å². The predicted octanol–water partition coefficient (Wildman–Crippen LogP) is 1.82. The van der Waals surface area contributed by atoms with Gasteiger partial charge in [-0.2, -0.15) is 5.26 Å². The standard InChI is InChI=1S/C12H15N3O/c1-12(2,3)15(4)11(16)10-7-9(8-13)5-6-14-10/h5-7H,1-4H3. The van der Waals surface area contributed by atoms with Gasteiger partial charge in [-0.25, -0.2) is 0 Å². The summed E-state index contributed by atoms with van der Waals surface area (Å²) in [5, 5.41) is 8.74. The normalized spacial score (nSPS) is 10.7. The van der Waals surface area contributed by atoms with Gasteiger partial charge in [0.25, 0.3) is 5.91 Å². The highest BCUT2D eigenvalue weighted by Crippen LogP contribution is 2.14. The lowest BCUT2D eigenvalue weighted by Gasteiger charge is -2.31. The van der Waals surface area contributed by atoms with Crippen LogP contribution in [0, 0.1) is 11.3 Å². The van der Waals surface area contributed by atoms with Crippen LogP contribution in [0.1, 0.15) is 36.8 Å². The van der Waals surface area contributed by atoms with Crippen LogP contribution in [0.4, 0.5) is 0 Å². The van der Waals surface area contributed by atoms with Crippen molar-refractivity contribution in [1.82, 2.24) is 9.88 Å². The molecule has 0 radical (unpaired) electrons. The summed E-state index contributed by atoms with van der Waals surface area (Å²) in [6.45, 7) is 5.83. The Morgan fingerprint density at radius 3 is 2.62 bits per heavy atom. The highest BCUT2D eigenvalue weighted by molar-refractivity contribution is 5.92. The molecule has 0 aliphatic carbocycles. The molecule has 0 bridgehead atoms. The van der Waals surface area contributed by atoms with Gasteiger partial charge in [0.1, 0.15) is 5.69 Å². The maximum absolute atomic E-state index is 12.0. The highest BCUT2D eigenvalue weighted by Gasteiger charge is 2.24. The fourth-order valence-electron chi connectivity index (χ4n) is 1.09. The van der Waals surface area contributed by atoms with E-state index in [9.17, 15) is 4.79 Å². The number of hydrogen-bond donors (Lipinski definition) is 0. The molecule has 0 N–H and O–H groups in total. The Labute approximate surface area is 95.5 Å². The third-order valence-electron chi connectivity index (χ3n) is 2.42. The Kier molecular flexibility index (Phi) is 3.28. The first-order valence-electron chi connectivity index (χ1n) is 5.00. The molecule has 1 rings (SSSR count). The van der Waals surface area contributed by atoms with Crippen LogP contribution in [-0.2, 0) is 0 Å². The molecule has 84 valence electrons. The van der Waals surface area contributed by atoms with Crippen molar-refractivity contribution in [2.24, 2.45) is 0 Å². The van der Waals surface area contributed by atoms with E-state index in [-0.39, 0.29) is 11.4 Å². The number of pyridine rings is 1. The van der Waals surface area contributed by atoms with E-state index >= 15 is 0 Å². The average Bonchev–Trinajstić information content (AvgIpc) is 2.26. The molecule has 0 aromatic carbocycles. The quantitative estimate of drug-likeness (QED) is 0.721. The molecule has 4 heteroatoms. The minimum atomic E-state index is -0.262. The monoisotopic (exact) mass is 217 g/mol. The lowest BCUT2D eigenvalue weighted by Crippen LogP contribution is -2.42. The molecule has 1 aromatic heterocycles. The molecule has 0 saturated carbocycles. The third kappa shape index (κ3) is 2.57. The van der Waals surface area contributed by atoms with E-state index in [4.69, 9.17) is 5.26 Å². The van der Waals surface area contributed by atoms with Gasteiger partial charge in [-0.05, 0) is 32.9 Å². The lowest BCUT2D eigenvalue weighted by atomic mass is 10.1. The number of aromatic nitrogens is 1. The molecule has 0 atom stereocenters. The Morgan fingerprint density at radius 1 is 1.50 bits per heavy atom. The van der Waals surface area contributed by atoms with Crippen molar-refractivity contribution in [3.63, 3.8) is 0 Å². The predicted molar refractivity (Wildman–Crippen MR) is 60.8 cm³/mol. The zero-order valence-corrected chi connectivity index (χ0v) is 9.98. The van der Waals surface area contributed by atoms with Crippen molar-refractivity contribution in [2.75, 3.05) is 7.05 Å². The molecule has 1 aromatic rings. The molecule has 4 nitrogen and oxygen atoms in total. The van der Waals surface area contributed by atoms with Crippen LogP contribution in [-0.4, -0.2) is 28.4 Å². The minimum absolute atomic E-state index is 0.176. The van der Waals surface area contributed by atoms with Crippen LogP contribution in [0.5, 0.6) is 0 Å². The van der Waals surface area contributed by atoms with Gasteiger partial charge in [-0.1, -0.05) is 0 Å². The number of rotatable bonds is 1. The fraction of sp³-hybridized carbons (Fsp3) is 0.417. The largest absolute Gasteiger partial charge is 0.336 e. The maximum atomic E-state index is 12.0. The van der Waals surface area contributed by atoms with Crippen molar-refractivity contribution in [2.45, 2.75) is 26.3 Å². The first-order valence-corrected chi connectivity index (χ1v) is 5.00. The maximum Gasteiger partial charge on any atom is 0.272 e. The van der Waals surface area contributed by atoms with Crippen LogP contribution >= 0.6 is 0 Å². The summed E-state index contributed by atoms with van der Waals surface area (Å²) in [7, 11) is 1.73. The van der Waals surface area contributed by atoms with E-state index in [1.807, 2.05) is 26.8 Å². The van der Waals surface area contributed by atoms with Crippen LogP contribution < -0.4 is 0 Å². The molecule has 0 fully saturated rings. The number of carbonyl (C=O) groups is 1. The molecule has 0 unspecified atom stereocenters. The van der Waals surface area contributed by atoms with Crippen LogP contribution in [0.3, 0.4) is 0 Å². The number of carbonyl (C=O) groups excluding carboxylic acids is 1. The smallest absolute Gasteiger partial charge is 0.272 e. The Bertz CT molecular complexity index is 440. The van der Waals surface area contributed by atoms with Gasteiger partial charge in [-0.3, -0.25) is 9.78 Å².